The first-order valence-electron chi connectivity index (χ1n) is 7.14. The topological polar surface area (TPSA) is 111 Å². The predicted molar refractivity (Wildman–Crippen MR) is 91.7 cm³/mol. The Hall–Kier alpha value is -3.01. The standard InChI is InChI=1S/C15H11FN4O4S/c16-11-3-1-2-10-12(6-7-25-15(10)11)17-18-13-5-4-9(19(21)22)8-14(13)20(23)24/h1-5,8,18H,6-7H2/b17-12-. The smallest absolute Gasteiger partial charge is 0.271 e. The van der Waals surface area contributed by atoms with Gasteiger partial charge in [0.2, 0.25) is 0 Å². The Bertz CT molecular complexity index is 903. The van der Waals surface area contributed by atoms with Gasteiger partial charge in [0.15, 0.2) is 0 Å². The molecule has 0 bridgehead atoms. The first-order valence-corrected chi connectivity index (χ1v) is 8.13. The second-order valence-corrected chi connectivity index (χ2v) is 6.21. The van der Waals surface area contributed by atoms with Crippen molar-refractivity contribution < 1.29 is 14.2 Å². The lowest BCUT2D eigenvalue weighted by Crippen LogP contribution is -2.13. The summed E-state index contributed by atoms with van der Waals surface area (Å²) in [5.41, 5.74) is 2.97. The van der Waals surface area contributed by atoms with Crippen molar-refractivity contribution in [1.82, 2.24) is 0 Å². The maximum absolute atomic E-state index is 13.8. The molecule has 2 aromatic rings. The lowest BCUT2D eigenvalue weighted by Gasteiger charge is -2.17. The molecule has 128 valence electrons. The highest BCUT2D eigenvalue weighted by Gasteiger charge is 2.21. The highest BCUT2D eigenvalue weighted by Crippen LogP contribution is 2.33. The number of fused-ring (bicyclic) bond motifs is 1. The molecule has 0 fully saturated rings. The number of rotatable bonds is 4. The summed E-state index contributed by atoms with van der Waals surface area (Å²) in [6, 6.07) is 7.92. The van der Waals surface area contributed by atoms with Crippen LogP contribution in [-0.4, -0.2) is 21.3 Å². The molecule has 1 heterocycles. The number of hydrogen-bond acceptors (Lipinski definition) is 7. The Morgan fingerprint density at radius 3 is 2.68 bits per heavy atom. The third kappa shape index (κ3) is 3.43. The van der Waals surface area contributed by atoms with Gasteiger partial charge < -0.3 is 0 Å². The van der Waals surface area contributed by atoms with Gasteiger partial charge in [-0.2, -0.15) is 5.10 Å². The number of hydrazone groups is 1. The van der Waals surface area contributed by atoms with Gasteiger partial charge in [-0.05, 0) is 12.1 Å². The van der Waals surface area contributed by atoms with Crippen LogP contribution < -0.4 is 5.43 Å². The molecule has 8 nitrogen and oxygen atoms in total. The highest BCUT2D eigenvalue weighted by atomic mass is 32.2. The van der Waals surface area contributed by atoms with Gasteiger partial charge in [0, 0.05) is 23.8 Å². The first kappa shape index (κ1) is 16.8. The molecule has 1 N–H and O–H groups in total. The average Bonchev–Trinajstić information content (AvgIpc) is 2.60. The molecule has 25 heavy (non-hydrogen) atoms. The quantitative estimate of drug-likeness (QED) is 0.651. The van der Waals surface area contributed by atoms with Crippen molar-refractivity contribution >= 4 is 34.5 Å². The number of hydrogen-bond donors (Lipinski definition) is 1. The molecule has 0 radical (unpaired) electrons. The molecule has 1 aliphatic heterocycles. The van der Waals surface area contributed by atoms with Crippen LogP contribution in [0.15, 0.2) is 46.4 Å². The van der Waals surface area contributed by atoms with Gasteiger partial charge in [-0.1, -0.05) is 12.1 Å². The summed E-state index contributed by atoms with van der Waals surface area (Å²) in [6.45, 7) is 0. The number of anilines is 1. The molecule has 2 aromatic carbocycles. The van der Waals surface area contributed by atoms with E-state index in [1.807, 2.05) is 0 Å². The van der Waals surface area contributed by atoms with Crippen molar-refractivity contribution in [2.24, 2.45) is 5.10 Å². The van der Waals surface area contributed by atoms with Gasteiger partial charge in [0.05, 0.1) is 26.5 Å². The van der Waals surface area contributed by atoms with E-state index in [0.29, 0.717) is 28.3 Å². The molecule has 0 amide bonds. The predicted octanol–water partition coefficient (Wildman–Crippen LogP) is 3.95. The van der Waals surface area contributed by atoms with Gasteiger partial charge in [0.25, 0.3) is 5.69 Å². The molecule has 10 heteroatoms. The molecule has 1 aliphatic rings. The maximum atomic E-state index is 13.8. The Morgan fingerprint density at radius 2 is 1.96 bits per heavy atom. The minimum atomic E-state index is -0.722. The van der Waals surface area contributed by atoms with Crippen molar-refractivity contribution in [3.05, 3.63) is 68.0 Å². The molecular weight excluding hydrogens is 351 g/mol. The van der Waals surface area contributed by atoms with Crippen LogP contribution in [0.25, 0.3) is 0 Å². The average molecular weight is 362 g/mol. The fourth-order valence-corrected chi connectivity index (χ4v) is 3.44. The van der Waals surface area contributed by atoms with E-state index in [1.54, 1.807) is 12.1 Å². The zero-order valence-corrected chi connectivity index (χ0v) is 13.5. The van der Waals surface area contributed by atoms with Gasteiger partial charge in [-0.25, -0.2) is 4.39 Å². The third-order valence-corrected chi connectivity index (χ3v) is 4.68. The van der Waals surface area contributed by atoms with Gasteiger partial charge >= 0.3 is 5.69 Å². The molecule has 3 rings (SSSR count). The Kier molecular flexibility index (Phi) is 4.61. The molecule has 0 saturated carbocycles. The molecular formula is C15H11FN4O4S. The number of thioether (sulfide) groups is 1. The Labute approximate surface area is 145 Å². The number of nitrogens with one attached hydrogen (secondary N) is 1. The lowest BCUT2D eigenvalue weighted by molar-refractivity contribution is -0.393. The van der Waals surface area contributed by atoms with Crippen LogP contribution in [-0.2, 0) is 0 Å². The van der Waals surface area contributed by atoms with E-state index in [1.165, 1.54) is 23.9 Å². The third-order valence-electron chi connectivity index (χ3n) is 3.56. The summed E-state index contributed by atoms with van der Waals surface area (Å²) in [7, 11) is 0. The van der Waals surface area contributed by atoms with Crippen LogP contribution in [0.5, 0.6) is 0 Å². The van der Waals surface area contributed by atoms with Crippen LogP contribution in [0.2, 0.25) is 0 Å². The molecule has 0 aromatic heterocycles. The van der Waals surface area contributed by atoms with Crippen LogP contribution in [0.4, 0.5) is 21.5 Å². The normalized spacial score (nSPS) is 14.8. The summed E-state index contributed by atoms with van der Waals surface area (Å²) < 4.78 is 13.8. The minimum Gasteiger partial charge on any atom is -0.271 e. The van der Waals surface area contributed by atoms with Gasteiger partial charge in [-0.15, -0.1) is 11.8 Å². The van der Waals surface area contributed by atoms with E-state index in [9.17, 15) is 24.6 Å². The van der Waals surface area contributed by atoms with E-state index < -0.39 is 15.5 Å². The lowest BCUT2D eigenvalue weighted by atomic mass is 10.1. The summed E-state index contributed by atoms with van der Waals surface area (Å²) in [5.74, 6) is 0.299. The number of nitro groups is 2. The summed E-state index contributed by atoms with van der Waals surface area (Å²) in [6.07, 6.45) is 0.564. The number of benzene rings is 2. The molecule has 0 spiro atoms. The largest absolute Gasteiger partial charge is 0.301 e. The second-order valence-electron chi connectivity index (χ2n) is 5.10. The van der Waals surface area contributed by atoms with Gasteiger partial charge in [0.1, 0.15) is 11.5 Å². The molecule has 0 atom stereocenters. The number of nitrogens with zero attached hydrogens (tertiary/aromatic N) is 3. The van der Waals surface area contributed by atoms with E-state index in [4.69, 9.17) is 0 Å². The number of nitro benzene ring substituents is 2. The van der Waals surface area contributed by atoms with Crippen molar-refractivity contribution in [2.75, 3.05) is 11.2 Å². The summed E-state index contributed by atoms with van der Waals surface area (Å²) in [4.78, 5) is 21.0. The molecule has 0 aliphatic carbocycles. The zero-order valence-electron chi connectivity index (χ0n) is 12.6. The van der Waals surface area contributed by atoms with E-state index >= 15 is 0 Å². The molecule has 0 unspecified atom stereocenters. The highest BCUT2D eigenvalue weighted by molar-refractivity contribution is 7.99. The maximum Gasteiger partial charge on any atom is 0.301 e. The van der Waals surface area contributed by atoms with Crippen LogP contribution >= 0.6 is 11.8 Å². The van der Waals surface area contributed by atoms with Crippen LogP contribution in [0.1, 0.15) is 12.0 Å². The first-order chi connectivity index (χ1) is 12.0. The fourth-order valence-electron chi connectivity index (χ4n) is 2.39. The van der Waals surface area contributed by atoms with Crippen molar-refractivity contribution in [2.45, 2.75) is 11.3 Å². The Morgan fingerprint density at radius 1 is 1.16 bits per heavy atom. The SMILES string of the molecule is O=[N+]([O-])c1ccc(N/N=C2/CCSc3c(F)cccc32)c([N+](=O)[O-])c1. The number of halogens is 1. The van der Waals surface area contributed by atoms with Gasteiger partial charge in [-0.3, -0.25) is 25.7 Å². The monoisotopic (exact) mass is 362 g/mol. The fraction of sp³-hybridized carbons (Fsp3) is 0.133. The zero-order chi connectivity index (χ0) is 18.0. The Balaban J connectivity index is 1.95. The van der Waals surface area contributed by atoms with Crippen molar-refractivity contribution in [1.29, 1.82) is 0 Å². The summed E-state index contributed by atoms with van der Waals surface area (Å²) >= 11 is 1.39. The van der Waals surface area contributed by atoms with E-state index in [-0.39, 0.29) is 17.2 Å². The summed E-state index contributed by atoms with van der Waals surface area (Å²) in [5, 5.41) is 26.1. The van der Waals surface area contributed by atoms with Crippen molar-refractivity contribution in [3.63, 3.8) is 0 Å². The van der Waals surface area contributed by atoms with E-state index in [0.717, 1.165) is 12.1 Å². The number of non-ortho nitro benzene ring substituents is 1. The molecule has 0 saturated heterocycles. The van der Waals surface area contributed by atoms with Crippen LogP contribution in [0, 0.1) is 26.0 Å². The van der Waals surface area contributed by atoms with Crippen molar-refractivity contribution in [3.8, 4) is 0 Å². The second kappa shape index (κ2) is 6.85. The minimum absolute atomic E-state index is 0.0271. The van der Waals surface area contributed by atoms with Crippen LogP contribution in [0.3, 0.4) is 0 Å². The van der Waals surface area contributed by atoms with E-state index in [2.05, 4.69) is 10.5 Å².